The highest BCUT2D eigenvalue weighted by atomic mass is 19.4. The summed E-state index contributed by atoms with van der Waals surface area (Å²) in [6, 6.07) is 19.1. The lowest BCUT2D eigenvalue weighted by molar-refractivity contribution is -0.138. The molecular formula is C29H28F3N5O2. The van der Waals surface area contributed by atoms with E-state index in [0.29, 0.717) is 35.8 Å². The molecule has 0 aliphatic carbocycles. The standard InChI is InChI=1S/C29H28F3N5O2/c1-36-11-13-37(14-12-36)18-21-6-5-20(16-25(21)29(30,31)32)28(39)34-23-4-2-3-22(17-23)33-27-10-7-19-15-24(38)8-9-26(19)35-27/h2-10,15-17,38H,11-14,18H2,1H3,(H,33,35)(H,34,39). The topological polar surface area (TPSA) is 80.7 Å². The van der Waals surface area contributed by atoms with Crippen molar-refractivity contribution < 1.29 is 23.1 Å². The molecule has 1 saturated heterocycles. The maximum Gasteiger partial charge on any atom is 0.416 e. The Labute approximate surface area is 223 Å². The number of amides is 1. The zero-order valence-electron chi connectivity index (χ0n) is 21.3. The Morgan fingerprint density at radius 1 is 0.949 bits per heavy atom. The number of halogens is 3. The molecule has 0 atom stereocenters. The van der Waals surface area contributed by atoms with Crippen LogP contribution in [0.1, 0.15) is 21.5 Å². The first-order valence-corrected chi connectivity index (χ1v) is 12.5. The molecule has 1 aromatic heterocycles. The van der Waals surface area contributed by atoms with Crippen molar-refractivity contribution in [3.05, 3.63) is 89.5 Å². The summed E-state index contributed by atoms with van der Waals surface area (Å²) in [5, 5.41) is 16.3. The number of rotatable bonds is 6. The minimum absolute atomic E-state index is 0.0673. The summed E-state index contributed by atoms with van der Waals surface area (Å²) in [5.41, 5.74) is 1.05. The van der Waals surface area contributed by atoms with E-state index in [0.717, 1.165) is 24.5 Å². The van der Waals surface area contributed by atoms with Crippen LogP contribution in [0.3, 0.4) is 0 Å². The number of phenolic OH excluding ortho intramolecular Hbond substituents is 1. The van der Waals surface area contributed by atoms with Gasteiger partial charge in [-0.2, -0.15) is 13.2 Å². The van der Waals surface area contributed by atoms with E-state index in [1.165, 1.54) is 12.1 Å². The number of carbonyl (C=O) groups is 1. The van der Waals surface area contributed by atoms with Crippen LogP contribution in [-0.4, -0.2) is 59.0 Å². The molecule has 0 unspecified atom stereocenters. The number of alkyl halides is 3. The highest BCUT2D eigenvalue weighted by Crippen LogP contribution is 2.34. The summed E-state index contributed by atoms with van der Waals surface area (Å²) in [5.74, 6) is 0.0790. The summed E-state index contributed by atoms with van der Waals surface area (Å²) in [6.07, 6.45) is -4.58. The Hall–Kier alpha value is -4.15. The van der Waals surface area contributed by atoms with Crippen molar-refractivity contribution in [2.75, 3.05) is 43.9 Å². The van der Waals surface area contributed by atoms with Crippen molar-refractivity contribution in [3.8, 4) is 5.75 Å². The molecule has 1 aliphatic rings. The molecular weight excluding hydrogens is 507 g/mol. The maximum atomic E-state index is 13.9. The molecule has 0 saturated carbocycles. The second-order valence-corrected chi connectivity index (χ2v) is 9.68. The Morgan fingerprint density at radius 3 is 2.49 bits per heavy atom. The van der Waals surface area contributed by atoms with Crippen LogP contribution in [0.5, 0.6) is 5.75 Å². The van der Waals surface area contributed by atoms with Crippen LogP contribution in [-0.2, 0) is 12.7 Å². The SMILES string of the molecule is CN1CCN(Cc2ccc(C(=O)Nc3cccc(Nc4ccc5cc(O)ccc5n4)c3)cc2C(F)(F)F)CC1. The molecule has 1 fully saturated rings. The van der Waals surface area contributed by atoms with Crippen LogP contribution in [0.15, 0.2) is 72.8 Å². The number of piperazine rings is 1. The number of fused-ring (bicyclic) bond motifs is 1. The van der Waals surface area contributed by atoms with Crippen molar-refractivity contribution >= 4 is 34.0 Å². The number of benzene rings is 3. The molecule has 202 valence electrons. The highest BCUT2D eigenvalue weighted by Gasteiger charge is 2.34. The number of pyridine rings is 1. The molecule has 3 N–H and O–H groups in total. The summed E-state index contributed by atoms with van der Waals surface area (Å²) in [4.78, 5) is 21.6. The van der Waals surface area contributed by atoms with Crippen molar-refractivity contribution in [3.63, 3.8) is 0 Å². The van der Waals surface area contributed by atoms with Gasteiger partial charge < -0.3 is 20.6 Å². The van der Waals surface area contributed by atoms with Gasteiger partial charge in [0.1, 0.15) is 11.6 Å². The maximum absolute atomic E-state index is 13.9. The Bertz CT molecular complexity index is 1500. The Kier molecular flexibility index (Phi) is 7.40. The number of phenols is 1. The number of hydrogen-bond acceptors (Lipinski definition) is 6. The first-order chi connectivity index (χ1) is 18.6. The molecule has 5 rings (SSSR count). The van der Waals surface area contributed by atoms with E-state index >= 15 is 0 Å². The lowest BCUT2D eigenvalue weighted by Gasteiger charge is -2.33. The Balaban J connectivity index is 1.30. The second-order valence-electron chi connectivity index (χ2n) is 9.68. The minimum Gasteiger partial charge on any atom is -0.508 e. The molecule has 10 heteroatoms. The van der Waals surface area contributed by atoms with E-state index in [1.807, 2.05) is 18.0 Å². The van der Waals surface area contributed by atoms with Gasteiger partial charge in [-0.05, 0) is 73.3 Å². The summed E-state index contributed by atoms with van der Waals surface area (Å²) in [7, 11) is 1.99. The predicted octanol–water partition coefficient (Wildman–Crippen LogP) is 5.70. The van der Waals surface area contributed by atoms with Gasteiger partial charge in [-0.1, -0.05) is 12.1 Å². The van der Waals surface area contributed by atoms with Gasteiger partial charge in [0.2, 0.25) is 0 Å². The van der Waals surface area contributed by atoms with Crippen LogP contribution >= 0.6 is 0 Å². The third-order valence-corrected chi connectivity index (χ3v) is 6.73. The molecule has 0 spiro atoms. The number of nitrogens with one attached hydrogen (secondary N) is 2. The fraction of sp³-hybridized carbons (Fsp3) is 0.241. The number of hydrogen-bond donors (Lipinski definition) is 3. The van der Waals surface area contributed by atoms with Crippen molar-refractivity contribution in [1.29, 1.82) is 0 Å². The third-order valence-electron chi connectivity index (χ3n) is 6.73. The molecule has 1 aliphatic heterocycles. The van der Waals surface area contributed by atoms with E-state index in [9.17, 15) is 23.1 Å². The van der Waals surface area contributed by atoms with E-state index in [1.54, 1.807) is 48.5 Å². The highest BCUT2D eigenvalue weighted by molar-refractivity contribution is 6.04. The van der Waals surface area contributed by atoms with Gasteiger partial charge in [0.25, 0.3) is 5.91 Å². The fourth-order valence-corrected chi connectivity index (χ4v) is 4.57. The van der Waals surface area contributed by atoms with Crippen LogP contribution < -0.4 is 10.6 Å². The number of likely N-dealkylation sites (N-methyl/N-ethyl adjacent to an activating group) is 1. The van der Waals surface area contributed by atoms with E-state index in [4.69, 9.17) is 0 Å². The normalized spacial score (nSPS) is 14.9. The van der Waals surface area contributed by atoms with E-state index < -0.39 is 17.6 Å². The Morgan fingerprint density at radius 2 is 1.72 bits per heavy atom. The third kappa shape index (κ3) is 6.47. The molecule has 0 bridgehead atoms. The zero-order valence-corrected chi connectivity index (χ0v) is 21.3. The number of aromatic hydroxyl groups is 1. The van der Waals surface area contributed by atoms with Crippen LogP contribution in [0.25, 0.3) is 10.9 Å². The quantitative estimate of drug-likeness (QED) is 0.294. The number of aromatic nitrogens is 1. The fourth-order valence-electron chi connectivity index (χ4n) is 4.57. The van der Waals surface area contributed by atoms with Gasteiger partial charge in [-0.25, -0.2) is 4.98 Å². The number of carbonyl (C=O) groups excluding carboxylic acids is 1. The smallest absolute Gasteiger partial charge is 0.416 e. The predicted molar refractivity (Wildman–Crippen MR) is 145 cm³/mol. The monoisotopic (exact) mass is 535 g/mol. The first kappa shape index (κ1) is 26.5. The average Bonchev–Trinajstić information content (AvgIpc) is 2.90. The molecule has 0 radical (unpaired) electrons. The molecule has 2 heterocycles. The largest absolute Gasteiger partial charge is 0.508 e. The molecule has 4 aromatic rings. The van der Waals surface area contributed by atoms with Gasteiger partial charge in [0.05, 0.1) is 11.1 Å². The molecule has 7 nitrogen and oxygen atoms in total. The molecule has 1 amide bonds. The summed E-state index contributed by atoms with van der Waals surface area (Å²) < 4.78 is 41.8. The van der Waals surface area contributed by atoms with Crippen molar-refractivity contribution in [1.82, 2.24) is 14.8 Å². The van der Waals surface area contributed by atoms with Gasteiger partial charge in [0.15, 0.2) is 0 Å². The lowest BCUT2D eigenvalue weighted by Crippen LogP contribution is -2.44. The molecule has 3 aromatic carbocycles. The van der Waals surface area contributed by atoms with Gasteiger partial charge in [-0.3, -0.25) is 9.69 Å². The van der Waals surface area contributed by atoms with E-state index in [-0.39, 0.29) is 23.4 Å². The number of anilines is 3. The van der Waals surface area contributed by atoms with Gasteiger partial charge in [0, 0.05) is 55.0 Å². The van der Waals surface area contributed by atoms with Gasteiger partial charge in [-0.15, -0.1) is 0 Å². The summed E-state index contributed by atoms with van der Waals surface area (Å²) in [6.45, 7) is 3.17. The van der Waals surface area contributed by atoms with Crippen LogP contribution in [0.4, 0.5) is 30.4 Å². The van der Waals surface area contributed by atoms with Crippen LogP contribution in [0, 0.1) is 0 Å². The van der Waals surface area contributed by atoms with Gasteiger partial charge >= 0.3 is 6.18 Å². The lowest BCUT2D eigenvalue weighted by atomic mass is 10.0. The first-order valence-electron chi connectivity index (χ1n) is 12.5. The second kappa shape index (κ2) is 10.9. The number of nitrogens with zero attached hydrogens (tertiary/aromatic N) is 3. The van der Waals surface area contributed by atoms with E-state index in [2.05, 4.69) is 20.5 Å². The average molecular weight is 536 g/mol. The summed E-state index contributed by atoms with van der Waals surface area (Å²) >= 11 is 0. The minimum atomic E-state index is -4.58. The van der Waals surface area contributed by atoms with Crippen molar-refractivity contribution in [2.24, 2.45) is 0 Å². The molecule has 39 heavy (non-hydrogen) atoms. The van der Waals surface area contributed by atoms with Crippen LogP contribution in [0.2, 0.25) is 0 Å². The van der Waals surface area contributed by atoms with Crippen molar-refractivity contribution in [2.45, 2.75) is 12.7 Å². The zero-order chi connectivity index (χ0) is 27.6.